The Kier molecular flexibility index (Phi) is 3.95. The molecule has 0 aliphatic carbocycles. The molecule has 1 aliphatic rings. The van der Waals surface area contributed by atoms with Gasteiger partial charge in [0.05, 0.1) is 12.1 Å². The second-order valence-corrected chi connectivity index (χ2v) is 6.09. The molecule has 25 heavy (non-hydrogen) atoms. The van der Waals surface area contributed by atoms with E-state index in [4.69, 9.17) is 10.5 Å². The summed E-state index contributed by atoms with van der Waals surface area (Å²) < 4.78 is 34.2. The lowest BCUT2D eigenvalue weighted by Crippen LogP contribution is -2.26. The monoisotopic (exact) mass is 346 g/mol. The van der Waals surface area contributed by atoms with Gasteiger partial charge in [0, 0.05) is 24.2 Å². The molecule has 0 bridgehead atoms. The van der Waals surface area contributed by atoms with E-state index < -0.39 is 36.1 Å². The normalized spacial score (nSPS) is 24.7. The van der Waals surface area contributed by atoms with Gasteiger partial charge in [-0.1, -0.05) is 6.07 Å². The molecule has 4 rings (SSSR count). The van der Waals surface area contributed by atoms with Crippen LogP contribution in [0.15, 0.2) is 43.0 Å². The van der Waals surface area contributed by atoms with Crippen molar-refractivity contribution in [2.24, 2.45) is 5.73 Å². The molecule has 1 saturated heterocycles. The molecule has 0 amide bonds. The van der Waals surface area contributed by atoms with Crippen LogP contribution < -0.4 is 5.73 Å². The molecule has 8 heteroatoms. The third kappa shape index (κ3) is 2.78. The summed E-state index contributed by atoms with van der Waals surface area (Å²) in [6.07, 6.45) is 3.13. The fraction of sp³-hybridized carbons (Fsp3) is 0.294. The molecule has 3 aromatic rings. The van der Waals surface area contributed by atoms with Crippen molar-refractivity contribution < 1.29 is 18.6 Å². The van der Waals surface area contributed by atoms with E-state index in [2.05, 4.69) is 9.97 Å². The first-order chi connectivity index (χ1) is 12.0. The van der Waals surface area contributed by atoms with Crippen LogP contribution in [0.2, 0.25) is 0 Å². The molecule has 1 aliphatic heterocycles. The van der Waals surface area contributed by atoms with Crippen LogP contribution in [-0.2, 0) is 4.74 Å². The van der Waals surface area contributed by atoms with Crippen LogP contribution in [-0.4, -0.2) is 31.8 Å². The maximum Gasteiger partial charge on any atom is 0.161 e. The Morgan fingerprint density at radius 2 is 2.12 bits per heavy atom. The average molecular weight is 346 g/mol. The fourth-order valence-electron chi connectivity index (χ4n) is 3.20. The molecule has 6 nitrogen and oxygen atoms in total. The van der Waals surface area contributed by atoms with Gasteiger partial charge in [0.2, 0.25) is 0 Å². The predicted molar refractivity (Wildman–Crippen MR) is 85.3 cm³/mol. The van der Waals surface area contributed by atoms with E-state index in [0.29, 0.717) is 11.2 Å². The molecule has 3 heterocycles. The van der Waals surface area contributed by atoms with Gasteiger partial charge in [-0.05, 0) is 23.8 Å². The van der Waals surface area contributed by atoms with Gasteiger partial charge in [0.1, 0.15) is 18.1 Å². The summed E-state index contributed by atoms with van der Waals surface area (Å²) in [6.45, 7) is 0. The maximum absolute atomic E-state index is 13.4. The first kappa shape index (κ1) is 16.1. The summed E-state index contributed by atoms with van der Waals surface area (Å²) in [6, 6.07) is 4.65. The van der Waals surface area contributed by atoms with Gasteiger partial charge >= 0.3 is 0 Å². The topological polar surface area (TPSA) is 86.2 Å². The number of aromatic nitrogens is 3. The van der Waals surface area contributed by atoms with Crippen molar-refractivity contribution in [1.29, 1.82) is 0 Å². The summed E-state index contributed by atoms with van der Waals surface area (Å²) in [5, 5.41) is 11.2. The molecule has 1 fully saturated rings. The summed E-state index contributed by atoms with van der Waals surface area (Å²) in [7, 11) is 0. The van der Waals surface area contributed by atoms with Crippen molar-refractivity contribution in [3.05, 3.63) is 60.2 Å². The number of aliphatic hydroxyl groups excluding tert-OH is 1. The lowest BCUT2D eigenvalue weighted by molar-refractivity contribution is -0.0414. The van der Waals surface area contributed by atoms with E-state index in [1.807, 2.05) is 6.07 Å². The minimum absolute atomic E-state index is 0.273. The Morgan fingerprint density at radius 3 is 2.92 bits per heavy atom. The number of rotatable bonds is 3. The number of fused-ring (bicyclic) bond motifs is 1. The Morgan fingerprint density at radius 1 is 1.28 bits per heavy atom. The minimum Gasteiger partial charge on any atom is -0.388 e. The predicted octanol–water partition coefficient (Wildman–Crippen LogP) is 2.06. The van der Waals surface area contributed by atoms with Crippen molar-refractivity contribution in [3.8, 4) is 0 Å². The Hall–Kier alpha value is -2.42. The number of halogens is 2. The fourth-order valence-corrected chi connectivity index (χ4v) is 3.20. The summed E-state index contributed by atoms with van der Waals surface area (Å²) >= 11 is 0. The van der Waals surface area contributed by atoms with Gasteiger partial charge in [-0.3, -0.25) is 0 Å². The minimum atomic E-state index is -0.962. The quantitative estimate of drug-likeness (QED) is 0.758. The Balaban J connectivity index is 1.59. The number of benzene rings is 1. The third-order valence-corrected chi connectivity index (χ3v) is 4.50. The van der Waals surface area contributed by atoms with E-state index in [1.54, 1.807) is 17.0 Å². The highest BCUT2D eigenvalue weighted by Crippen LogP contribution is 2.36. The Labute approximate surface area is 141 Å². The highest BCUT2D eigenvalue weighted by atomic mass is 19.2. The van der Waals surface area contributed by atoms with E-state index in [0.717, 1.165) is 17.5 Å². The molecule has 4 atom stereocenters. The highest BCUT2D eigenvalue weighted by Gasteiger charge is 2.39. The molecule has 0 spiro atoms. The van der Waals surface area contributed by atoms with Gasteiger partial charge in [0.15, 0.2) is 17.9 Å². The van der Waals surface area contributed by atoms with Crippen LogP contribution in [0.25, 0.3) is 11.0 Å². The van der Waals surface area contributed by atoms with Crippen LogP contribution in [0.5, 0.6) is 0 Å². The van der Waals surface area contributed by atoms with Crippen LogP contribution in [0.3, 0.4) is 0 Å². The second kappa shape index (κ2) is 6.14. The zero-order chi connectivity index (χ0) is 17.6. The van der Waals surface area contributed by atoms with Crippen LogP contribution in [0.4, 0.5) is 8.78 Å². The van der Waals surface area contributed by atoms with Gasteiger partial charge in [-0.25, -0.2) is 18.7 Å². The van der Waals surface area contributed by atoms with E-state index >= 15 is 0 Å². The van der Waals surface area contributed by atoms with Gasteiger partial charge in [-0.2, -0.15) is 0 Å². The molecule has 1 aromatic carbocycles. The SMILES string of the molecule is N[C@H](c1ccc(F)c(F)c1)C1C[C@@H](O)[C@H](n2ccc3cncnc32)O1. The molecule has 0 saturated carbocycles. The first-order valence-electron chi connectivity index (χ1n) is 7.85. The zero-order valence-electron chi connectivity index (χ0n) is 13.1. The van der Waals surface area contributed by atoms with Gasteiger partial charge < -0.3 is 20.1 Å². The second-order valence-electron chi connectivity index (χ2n) is 6.09. The molecule has 3 N–H and O–H groups in total. The molecular weight excluding hydrogens is 330 g/mol. The number of aliphatic hydroxyl groups is 1. The van der Waals surface area contributed by atoms with E-state index in [9.17, 15) is 13.9 Å². The molecular formula is C17H16F2N4O2. The van der Waals surface area contributed by atoms with Crippen LogP contribution in [0.1, 0.15) is 24.3 Å². The number of ether oxygens (including phenoxy) is 1. The van der Waals surface area contributed by atoms with Crippen molar-refractivity contribution in [2.75, 3.05) is 0 Å². The van der Waals surface area contributed by atoms with Gasteiger partial charge in [0.25, 0.3) is 0 Å². The van der Waals surface area contributed by atoms with Crippen molar-refractivity contribution >= 4 is 11.0 Å². The molecule has 2 aromatic heterocycles. The maximum atomic E-state index is 13.4. The van der Waals surface area contributed by atoms with Crippen molar-refractivity contribution in [3.63, 3.8) is 0 Å². The lowest BCUT2D eigenvalue weighted by atomic mass is 9.99. The van der Waals surface area contributed by atoms with E-state index in [1.165, 1.54) is 12.4 Å². The lowest BCUT2D eigenvalue weighted by Gasteiger charge is -2.21. The third-order valence-electron chi connectivity index (χ3n) is 4.50. The highest BCUT2D eigenvalue weighted by molar-refractivity contribution is 5.74. The summed E-state index contributed by atoms with van der Waals surface area (Å²) in [4.78, 5) is 8.16. The number of nitrogens with zero attached hydrogens (tertiary/aromatic N) is 3. The van der Waals surface area contributed by atoms with Gasteiger partial charge in [-0.15, -0.1) is 0 Å². The van der Waals surface area contributed by atoms with Crippen molar-refractivity contribution in [1.82, 2.24) is 14.5 Å². The first-order valence-corrected chi connectivity index (χ1v) is 7.85. The standard InChI is InChI=1S/C17H16F2N4O2/c18-11-2-1-9(5-12(11)19)15(20)14-6-13(24)17(25-14)23-4-3-10-7-21-8-22-16(10)23/h1-5,7-8,13-15,17,24H,6,20H2/t13-,14?,15-,17-/m1/s1. The van der Waals surface area contributed by atoms with E-state index in [-0.39, 0.29) is 6.42 Å². The molecule has 0 radical (unpaired) electrons. The van der Waals surface area contributed by atoms with Crippen LogP contribution >= 0.6 is 0 Å². The largest absolute Gasteiger partial charge is 0.388 e. The molecule has 130 valence electrons. The van der Waals surface area contributed by atoms with Crippen molar-refractivity contribution in [2.45, 2.75) is 30.9 Å². The summed E-state index contributed by atoms with van der Waals surface area (Å²) in [5.41, 5.74) is 7.20. The number of hydrogen-bond acceptors (Lipinski definition) is 5. The average Bonchev–Trinajstić information content (AvgIpc) is 3.20. The number of hydrogen-bond donors (Lipinski definition) is 2. The zero-order valence-corrected chi connectivity index (χ0v) is 13.1. The Bertz CT molecular complexity index is 917. The number of nitrogens with two attached hydrogens (primary N) is 1. The van der Waals surface area contributed by atoms with Crippen LogP contribution in [0, 0.1) is 11.6 Å². The molecule has 1 unspecified atom stereocenters. The summed E-state index contributed by atoms with van der Waals surface area (Å²) in [5.74, 6) is -1.89. The smallest absolute Gasteiger partial charge is 0.161 e.